The first-order valence-electron chi connectivity index (χ1n) is 8.68. The largest absolute Gasteiger partial charge is 0.487 e. The van der Waals surface area contributed by atoms with Gasteiger partial charge < -0.3 is 15.0 Å². The SMILES string of the molecule is Cc1nc(COc2cccc(C(=O)Nc3cccc(CN(C)C)c3)c2)cs1. The molecule has 2 aromatic carbocycles. The molecule has 0 aliphatic carbocycles. The van der Waals surface area contributed by atoms with E-state index < -0.39 is 0 Å². The molecular weight excluding hydrogens is 358 g/mol. The van der Waals surface area contributed by atoms with E-state index in [9.17, 15) is 4.79 Å². The Balaban J connectivity index is 1.64. The minimum Gasteiger partial charge on any atom is -0.487 e. The number of hydrogen-bond donors (Lipinski definition) is 1. The first kappa shape index (κ1) is 19.1. The minimum atomic E-state index is -0.160. The predicted octanol–water partition coefficient (Wildman–Crippen LogP) is 4.34. The number of amides is 1. The first-order chi connectivity index (χ1) is 13.0. The van der Waals surface area contributed by atoms with E-state index in [0.717, 1.165) is 28.5 Å². The third-order valence-corrected chi connectivity index (χ3v) is 4.66. The lowest BCUT2D eigenvalue weighted by molar-refractivity contribution is 0.102. The number of nitrogens with one attached hydrogen (secondary N) is 1. The standard InChI is InChI=1S/C21H23N3O2S/c1-15-22-19(14-27-15)13-26-20-9-5-7-17(11-20)21(25)23-18-8-4-6-16(10-18)12-24(2)3/h4-11,14H,12-13H2,1-3H3,(H,23,25). The summed E-state index contributed by atoms with van der Waals surface area (Å²) in [5.41, 5.74) is 3.38. The van der Waals surface area contributed by atoms with Gasteiger partial charge in [0.25, 0.3) is 5.91 Å². The zero-order chi connectivity index (χ0) is 19.2. The summed E-state index contributed by atoms with van der Waals surface area (Å²) < 4.78 is 5.77. The molecular formula is C21H23N3O2S. The maximum absolute atomic E-state index is 12.6. The van der Waals surface area contributed by atoms with Crippen LogP contribution in [-0.4, -0.2) is 29.9 Å². The molecule has 3 rings (SSSR count). The van der Waals surface area contributed by atoms with Crippen LogP contribution in [0.3, 0.4) is 0 Å². The summed E-state index contributed by atoms with van der Waals surface area (Å²) >= 11 is 1.60. The van der Waals surface area contributed by atoms with Gasteiger partial charge in [-0.25, -0.2) is 4.98 Å². The quantitative estimate of drug-likeness (QED) is 0.661. The number of aromatic nitrogens is 1. The van der Waals surface area contributed by atoms with E-state index >= 15 is 0 Å². The highest BCUT2D eigenvalue weighted by Crippen LogP contribution is 2.18. The lowest BCUT2D eigenvalue weighted by Gasteiger charge is -2.12. The fraction of sp³-hybridized carbons (Fsp3) is 0.238. The van der Waals surface area contributed by atoms with Gasteiger partial charge >= 0.3 is 0 Å². The van der Waals surface area contributed by atoms with Crippen LogP contribution in [0.15, 0.2) is 53.9 Å². The van der Waals surface area contributed by atoms with E-state index in [2.05, 4.69) is 15.2 Å². The van der Waals surface area contributed by atoms with Gasteiger partial charge in [-0.05, 0) is 56.9 Å². The number of benzene rings is 2. The Morgan fingerprint density at radius 1 is 1.19 bits per heavy atom. The van der Waals surface area contributed by atoms with E-state index in [4.69, 9.17) is 4.74 Å². The molecule has 3 aromatic rings. The molecule has 0 aliphatic heterocycles. The van der Waals surface area contributed by atoms with Crippen molar-refractivity contribution in [3.8, 4) is 5.75 Å². The molecule has 0 aliphatic rings. The van der Waals surface area contributed by atoms with Gasteiger partial charge in [-0.3, -0.25) is 4.79 Å². The number of nitrogens with zero attached hydrogens (tertiary/aromatic N) is 2. The molecule has 5 nitrogen and oxygen atoms in total. The van der Waals surface area contributed by atoms with Gasteiger partial charge in [0.15, 0.2) is 0 Å². The van der Waals surface area contributed by atoms with Crippen molar-refractivity contribution in [1.29, 1.82) is 0 Å². The third-order valence-electron chi connectivity index (χ3n) is 3.83. The molecule has 140 valence electrons. The maximum Gasteiger partial charge on any atom is 0.255 e. The molecule has 0 unspecified atom stereocenters. The van der Waals surface area contributed by atoms with Crippen molar-refractivity contribution in [2.75, 3.05) is 19.4 Å². The molecule has 0 saturated carbocycles. The van der Waals surface area contributed by atoms with Crippen LogP contribution in [0.4, 0.5) is 5.69 Å². The van der Waals surface area contributed by atoms with Crippen molar-refractivity contribution in [1.82, 2.24) is 9.88 Å². The second kappa shape index (κ2) is 8.79. The molecule has 6 heteroatoms. The van der Waals surface area contributed by atoms with E-state index in [1.165, 1.54) is 0 Å². The zero-order valence-electron chi connectivity index (χ0n) is 15.7. The second-order valence-corrected chi connectivity index (χ2v) is 7.63. The number of rotatable bonds is 7. The third kappa shape index (κ3) is 5.64. The summed E-state index contributed by atoms with van der Waals surface area (Å²) in [4.78, 5) is 19.1. The Hall–Kier alpha value is -2.70. The fourth-order valence-electron chi connectivity index (χ4n) is 2.67. The highest BCUT2D eigenvalue weighted by atomic mass is 32.1. The molecule has 27 heavy (non-hydrogen) atoms. The van der Waals surface area contributed by atoms with Gasteiger partial charge in [-0.2, -0.15) is 0 Å². The van der Waals surface area contributed by atoms with Crippen LogP contribution in [0.1, 0.15) is 26.6 Å². The van der Waals surface area contributed by atoms with Crippen LogP contribution in [0.25, 0.3) is 0 Å². The van der Waals surface area contributed by atoms with E-state index in [0.29, 0.717) is 17.9 Å². The molecule has 0 radical (unpaired) electrons. The molecule has 1 N–H and O–H groups in total. The van der Waals surface area contributed by atoms with Crippen molar-refractivity contribution in [2.24, 2.45) is 0 Å². The highest BCUT2D eigenvalue weighted by molar-refractivity contribution is 7.09. The molecule has 0 fully saturated rings. The fourth-order valence-corrected chi connectivity index (χ4v) is 3.27. The average Bonchev–Trinajstić information content (AvgIpc) is 3.05. The van der Waals surface area contributed by atoms with Crippen LogP contribution in [-0.2, 0) is 13.2 Å². The normalized spacial score (nSPS) is 10.8. The number of carbonyl (C=O) groups excluding carboxylic acids is 1. The van der Waals surface area contributed by atoms with Gasteiger partial charge in [0.1, 0.15) is 12.4 Å². The van der Waals surface area contributed by atoms with Gasteiger partial charge in [-0.1, -0.05) is 18.2 Å². The summed E-state index contributed by atoms with van der Waals surface area (Å²) in [7, 11) is 4.04. The smallest absolute Gasteiger partial charge is 0.255 e. The van der Waals surface area contributed by atoms with Gasteiger partial charge in [0.05, 0.1) is 10.7 Å². The number of anilines is 1. The molecule has 1 aromatic heterocycles. The Morgan fingerprint density at radius 2 is 2.00 bits per heavy atom. The highest BCUT2D eigenvalue weighted by Gasteiger charge is 2.09. The van der Waals surface area contributed by atoms with Crippen molar-refractivity contribution in [3.63, 3.8) is 0 Å². The van der Waals surface area contributed by atoms with Crippen molar-refractivity contribution < 1.29 is 9.53 Å². The zero-order valence-corrected chi connectivity index (χ0v) is 16.5. The Bertz CT molecular complexity index is 921. The molecule has 0 spiro atoms. The number of aryl methyl sites for hydroxylation is 1. The second-order valence-electron chi connectivity index (χ2n) is 6.57. The van der Waals surface area contributed by atoms with Crippen molar-refractivity contribution in [2.45, 2.75) is 20.1 Å². The summed E-state index contributed by atoms with van der Waals surface area (Å²) in [6.07, 6.45) is 0. The van der Waals surface area contributed by atoms with Crippen molar-refractivity contribution in [3.05, 3.63) is 75.7 Å². The number of carbonyl (C=O) groups is 1. The van der Waals surface area contributed by atoms with Gasteiger partial charge in [0, 0.05) is 23.2 Å². The Kier molecular flexibility index (Phi) is 6.21. The van der Waals surface area contributed by atoms with E-state index in [1.54, 1.807) is 23.5 Å². The predicted molar refractivity (Wildman–Crippen MR) is 109 cm³/mol. The summed E-state index contributed by atoms with van der Waals surface area (Å²) in [6.45, 7) is 3.18. The molecule has 0 saturated heterocycles. The molecule has 1 heterocycles. The van der Waals surface area contributed by atoms with E-state index in [-0.39, 0.29) is 5.91 Å². The molecule has 0 atom stereocenters. The van der Waals surface area contributed by atoms with E-state index in [1.807, 2.05) is 62.8 Å². The molecule has 0 bridgehead atoms. The number of hydrogen-bond acceptors (Lipinski definition) is 5. The minimum absolute atomic E-state index is 0.160. The number of ether oxygens (including phenoxy) is 1. The average molecular weight is 382 g/mol. The molecule has 1 amide bonds. The lowest BCUT2D eigenvalue weighted by Crippen LogP contribution is -2.13. The Morgan fingerprint density at radius 3 is 2.74 bits per heavy atom. The van der Waals surface area contributed by atoms with Gasteiger partial charge in [-0.15, -0.1) is 11.3 Å². The monoisotopic (exact) mass is 381 g/mol. The lowest BCUT2D eigenvalue weighted by atomic mass is 10.1. The van der Waals surface area contributed by atoms with Crippen LogP contribution in [0.5, 0.6) is 5.75 Å². The summed E-state index contributed by atoms with van der Waals surface area (Å²) in [5, 5.41) is 5.94. The van der Waals surface area contributed by atoms with Crippen LogP contribution in [0.2, 0.25) is 0 Å². The Labute approximate surface area is 163 Å². The van der Waals surface area contributed by atoms with Crippen LogP contribution < -0.4 is 10.1 Å². The first-order valence-corrected chi connectivity index (χ1v) is 9.56. The van der Waals surface area contributed by atoms with Gasteiger partial charge in [0.2, 0.25) is 0 Å². The van der Waals surface area contributed by atoms with Crippen molar-refractivity contribution >= 4 is 22.9 Å². The number of thiazole rings is 1. The van der Waals surface area contributed by atoms with Crippen LogP contribution >= 0.6 is 11.3 Å². The maximum atomic E-state index is 12.6. The topological polar surface area (TPSA) is 54.5 Å². The summed E-state index contributed by atoms with van der Waals surface area (Å²) in [6, 6.07) is 15.1. The summed E-state index contributed by atoms with van der Waals surface area (Å²) in [5.74, 6) is 0.488. The van der Waals surface area contributed by atoms with Crippen LogP contribution in [0, 0.1) is 6.92 Å².